The van der Waals surface area contributed by atoms with Crippen molar-refractivity contribution < 1.29 is 9.59 Å². The zero-order chi connectivity index (χ0) is 14.2. The normalized spacial score (nSPS) is 37.6. The summed E-state index contributed by atoms with van der Waals surface area (Å²) in [7, 11) is 0. The van der Waals surface area contributed by atoms with Crippen LogP contribution in [-0.2, 0) is 9.59 Å². The highest BCUT2D eigenvalue weighted by Crippen LogP contribution is 2.95. The summed E-state index contributed by atoms with van der Waals surface area (Å²) in [5.74, 6) is 0.454. The fourth-order valence-corrected chi connectivity index (χ4v) is 5.60. The van der Waals surface area contributed by atoms with Crippen LogP contribution in [0.3, 0.4) is 0 Å². The maximum atomic E-state index is 13.0. The largest absolute Gasteiger partial charge is 0.297 e. The first-order valence-corrected chi connectivity index (χ1v) is 6.91. The van der Waals surface area contributed by atoms with E-state index >= 15 is 0 Å². The van der Waals surface area contributed by atoms with E-state index in [4.69, 9.17) is 0 Å². The van der Waals surface area contributed by atoms with Gasteiger partial charge in [0.2, 0.25) is 0 Å². The quantitative estimate of drug-likeness (QED) is 0.617. The van der Waals surface area contributed by atoms with E-state index in [2.05, 4.69) is 55.4 Å². The number of hydrogen-bond donors (Lipinski definition) is 0. The van der Waals surface area contributed by atoms with Crippen molar-refractivity contribution in [2.45, 2.75) is 55.4 Å². The van der Waals surface area contributed by atoms with Crippen LogP contribution in [0.5, 0.6) is 0 Å². The van der Waals surface area contributed by atoms with Crippen molar-refractivity contribution in [3.8, 4) is 0 Å². The summed E-state index contributed by atoms with van der Waals surface area (Å²) >= 11 is 0. The van der Waals surface area contributed by atoms with Gasteiger partial charge in [-0.1, -0.05) is 55.4 Å². The van der Waals surface area contributed by atoms with Crippen LogP contribution in [0.25, 0.3) is 0 Å². The highest BCUT2D eigenvalue weighted by Gasteiger charge is 3.03. The van der Waals surface area contributed by atoms with Gasteiger partial charge < -0.3 is 0 Å². The van der Waals surface area contributed by atoms with E-state index in [9.17, 15) is 9.59 Å². The molecule has 0 unspecified atom stereocenters. The smallest absolute Gasteiger partial charge is 0.162 e. The van der Waals surface area contributed by atoms with Gasteiger partial charge in [-0.15, -0.1) is 0 Å². The van der Waals surface area contributed by atoms with Gasteiger partial charge in [0.1, 0.15) is 10.8 Å². The van der Waals surface area contributed by atoms with Gasteiger partial charge in [-0.05, 0) is 21.7 Å². The number of carbonyl (C=O) groups excluding carboxylic acids is 2. The van der Waals surface area contributed by atoms with Crippen LogP contribution in [0.2, 0.25) is 0 Å². The SMILES string of the molecule is CC1(C)C(C)(C)C12C(=O)C1(C2=O)C(C)(C)C1(C)C. The molecule has 3 aliphatic carbocycles. The van der Waals surface area contributed by atoms with E-state index in [1.807, 2.05) is 0 Å². The molecule has 0 heterocycles. The Labute approximate surface area is 110 Å². The second kappa shape index (κ2) is 2.25. The van der Waals surface area contributed by atoms with Crippen LogP contribution in [-0.4, -0.2) is 11.6 Å². The number of carbonyl (C=O) groups is 2. The molecule has 100 valence electrons. The Morgan fingerprint density at radius 2 is 0.667 bits per heavy atom. The fourth-order valence-electron chi connectivity index (χ4n) is 5.60. The molecular formula is C16H24O2. The summed E-state index contributed by atoms with van der Waals surface area (Å²) in [6.45, 7) is 16.5. The Balaban J connectivity index is 2.14. The van der Waals surface area contributed by atoms with E-state index in [1.54, 1.807) is 0 Å². The van der Waals surface area contributed by atoms with Crippen LogP contribution in [0.15, 0.2) is 0 Å². The van der Waals surface area contributed by atoms with E-state index in [0.717, 1.165) is 0 Å². The fraction of sp³-hybridized carbons (Fsp3) is 0.875. The third-order valence-corrected chi connectivity index (χ3v) is 8.11. The molecule has 0 saturated heterocycles. The molecule has 0 amide bonds. The summed E-state index contributed by atoms with van der Waals surface area (Å²) < 4.78 is 0. The summed E-state index contributed by atoms with van der Waals surface area (Å²) in [5.41, 5.74) is -2.12. The second-order valence-electron chi connectivity index (χ2n) is 8.66. The van der Waals surface area contributed by atoms with Crippen LogP contribution >= 0.6 is 0 Å². The minimum absolute atomic E-state index is 0.186. The lowest BCUT2D eigenvalue weighted by Crippen LogP contribution is -2.59. The molecule has 0 aromatic carbocycles. The molecule has 3 saturated carbocycles. The van der Waals surface area contributed by atoms with Gasteiger partial charge >= 0.3 is 0 Å². The van der Waals surface area contributed by atoms with Gasteiger partial charge in [-0.3, -0.25) is 9.59 Å². The molecule has 18 heavy (non-hydrogen) atoms. The average molecular weight is 248 g/mol. The molecule has 0 bridgehead atoms. The first kappa shape index (κ1) is 12.4. The van der Waals surface area contributed by atoms with Gasteiger partial charge in [-0.2, -0.15) is 0 Å². The summed E-state index contributed by atoms with van der Waals surface area (Å²) in [6.07, 6.45) is 0. The highest BCUT2D eigenvalue weighted by atomic mass is 16.2. The van der Waals surface area contributed by atoms with Crippen molar-refractivity contribution in [1.29, 1.82) is 0 Å². The van der Waals surface area contributed by atoms with Gasteiger partial charge in [0.25, 0.3) is 0 Å². The zero-order valence-electron chi connectivity index (χ0n) is 12.8. The number of Topliss-reactive ketones (excluding diaryl/α,β-unsaturated/α-hetero) is 2. The van der Waals surface area contributed by atoms with Crippen molar-refractivity contribution in [1.82, 2.24) is 0 Å². The molecule has 0 aromatic heterocycles. The molecule has 2 heteroatoms. The highest BCUT2D eigenvalue weighted by molar-refractivity contribution is 6.38. The lowest BCUT2D eigenvalue weighted by atomic mass is 9.56. The topological polar surface area (TPSA) is 34.1 Å². The second-order valence-corrected chi connectivity index (χ2v) is 8.66. The minimum Gasteiger partial charge on any atom is -0.297 e. The number of hydrogen-bond acceptors (Lipinski definition) is 2. The average Bonchev–Trinajstić information content (AvgIpc) is 2.72. The third kappa shape index (κ3) is 0.586. The molecule has 2 spiro atoms. The van der Waals surface area contributed by atoms with E-state index in [1.165, 1.54) is 0 Å². The van der Waals surface area contributed by atoms with Crippen LogP contribution in [0.4, 0.5) is 0 Å². The van der Waals surface area contributed by atoms with Crippen molar-refractivity contribution in [3.05, 3.63) is 0 Å². The minimum atomic E-state index is -0.689. The lowest BCUT2D eigenvalue weighted by molar-refractivity contribution is -0.162. The van der Waals surface area contributed by atoms with Crippen LogP contribution in [0.1, 0.15) is 55.4 Å². The van der Waals surface area contributed by atoms with Gasteiger partial charge in [0.05, 0.1) is 0 Å². The Hall–Kier alpha value is -0.660. The molecular weight excluding hydrogens is 224 g/mol. The van der Waals surface area contributed by atoms with Crippen molar-refractivity contribution >= 4 is 11.6 Å². The van der Waals surface area contributed by atoms with E-state index < -0.39 is 10.8 Å². The molecule has 2 nitrogen and oxygen atoms in total. The van der Waals surface area contributed by atoms with E-state index in [-0.39, 0.29) is 33.2 Å². The monoisotopic (exact) mass is 248 g/mol. The zero-order valence-corrected chi connectivity index (χ0v) is 12.8. The van der Waals surface area contributed by atoms with Crippen molar-refractivity contribution in [2.24, 2.45) is 32.5 Å². The Bertz CT molecular complexity index is 425. The van der Waals surface area contributed by atoms with Crippen molar-refractivity contribution in [2.75, 3.05) is 0 Å². The molecule has 0 radical (unpaired) electrons. The molecule has 3 aliphatic rings. The molecule has 0 atom stereocenters. The Morgan fingerprint density at radius 3 is 0.778 bits per heavy atom. The molecule has 3 fully saturated rings. The van der Waals surface area contributed by atoms with E-state index in [0.29, 0.717) is 0 Å². The number of ketones is 2. The Kier molecular flexibility index (Phi) is 1.55. The van der Waals surface area contributed by atoms with Crippen LogP contribution < -0.4 is 0 Å². The summed E-state index contributed by atoms with van der Waals surface area (Å²) in [4.78, 5) is 26.0. The first-order valence-electron chi connectivity index (χ1n) is 6.91. The predicted molar refractivity (Wildman–Crippen MR) is 70.0 cm³/mol. The maximum Gasteiger partial charge on any atom is 0.162 e. The Morgan fingerprint density at radius 1 is 0.500 bits per heavy atom. The first-order chi connectivity index (χ1) is 7.81. The molecule has 0 N–H and O–H groups in total. The van der Waals surface area contributed by atoms with Gasteiger partial charge in [0, 0.05) is 0 Å². The molecule has 3 rings (SSSR count). The lowest BCUT2D eigenvalue weighted by Gasteiger charge is -2.40. The van der Waals surface area contributed by atoms with Gasteiger partial charge in [-0.25, -0.2) is 0 Å². The van der Waals surface area contributed by atoms with Gasteiger partial charge in [0.15, 0.2) is 11.6 Å². The standard InChI is InChI=1S/C16H24O2/c1-11(2)12(3,4)15(11)9(17)16(10(15)18)13(5,6)14(16,7)8/h1-8H3. The maximum absolute atomic E-state index is 13.0. The molecule has 0 aromatic rings. The molecule has 0 aliphatic heterocycles. The number of rotatable bonds is 0. The summed E-state index contributed by atoms with van der Waals surface area (Å²) in [5, 5.41) is 0. The predicted octanol–water partition coefficient (Wildman–Crippen LogP) is 3.24. The van der Waals surface area contributed by atoms with Crippen LogP contribution in [0, 0.1) is 32.5 Å². The third-order valence-electron chi connectivity index (χ3n) is 8.11. The summed E-state index contributed by atoms with van der Waals surface area (Å²) in [6, 6.07) is 0. The van der Waals surface area contributed by atoms with Crippen molar-refractivity contribution in [3.63, 3.8) is 0 Å².